The van der Waals surface area contributed by atoms with Gasteiger partial charge in [-0.25, -0.2) is 9.97 Å². The number of benzene rings is 1. The number of rotatable bonds is 5. The Morgan fingerprint density at radius 3 is 2.38 bits per heavy atom. The van der Waals surface area contributed by atoms with Gasteiger partial charge in [0.05, 0.1) is 5.39 Å². The lowest BCUT2D eigenvalue weighted by atomic mass is 10.1. The molecule has 0 fully saturated rings. The minimum Gasteiger partial charge on any atom is -0.356 e. The van der Waals surface area contributed by atoms with Crippen LogP contribution in [0.15, 0.2) is 60.1 Å². The van der Waals surface area contributed by atoms with Crippen LogP contribution in [0.2, 0.25) is 0 Å². The smallest absolute Gasteiger partial charge is 0.181 e. The molecule has 0 saturated carbocycles. The molecule has 0 N–H and O–H groups in total. The molecule has 3 heterocycles. The highest BCUT2D eigenvalue weighted by molar-refractivity contribution is 7.17. The number of aromatic nitrogens is 3. The van der Waals surface area contributed by atoms with Gasteiger partial charge in [-0.1, -0.05) is 36.4 Å². The predicted octanol–water partition coefficient (Wildman–Crippen LogP) is 5.27. The minimum absolute atomic E-state index is 0.682. The van der Waals surface area contributed by atoms with Gasteiger partial charge in [-0.3, -0.25) is 4.98 Å². The van der Waals surface area contributed by atoms with Gasteiger partial charge in [-0.05, 0) is 31.5 Å². The van der Waals surface area contributed by atoms with E-state index in [1.54, 1.807) is 17.5 Å². The van der Waals surface area contributed by atoms with E-state index >= 15 is 0 Å². The molecule has 0 bridgehead atoms. The zero-order valence-corrected chi connectivity index (χ0v) is 15.7. The predicted molar refractivity (Wildman–Crippen MR) is 110 cm³/mol. The standard InChI is InChI=1S/C21H20N4S/c1-3-25(4-2)20-18-16(15-10-6-5-7-11-15)14-26-21(18)24-19(23-20)17-12-8-9-13-22-17/h5-14H,3-4H2,1-2H3. The molecule has 4 nitrogen and oxygen atoms in total. The Hall–Kier alpha value is -2.79. The number of pyridine rings is 1. The Kier molecular flexibility index (Phi) is 4.63. The number of hydrogen-bond donors (Lipinski definition) is 0. The Balaban J connectivity index is 1.98. The summed E-state index contributed by atoms with van der Waals surface area (Å²) in [5, 5.41) is 3.31. The summed E-state index contributed by atoms with van der Waals surface area (Å²) in [5.41, 5.74) is 3.19. The summed E-state index contributed by atoms with van der Waals surface area (Å²) in [4.78, 5) is 17.5. The average Bonchev–Trinajstić information content (AvgIpc) is 3.14. The molecule has 130 valence electrons. The van der Waals surface area contributed by atoms with E-state index in [1.807, 2.05) is 24.3 Å². The van der Waals surface area contributed by atoms with Crippen molar-refractivity contribution >= 4 is 27.4 Å². The van der Waals surface area contributed by atoms with Gasteiger partial charge in [0.1, 0.15) is 16.3 Å². The van der Waals surface area contributed by atoms with Crippen LogP contribution in [0.4, 0.5) is 5.82 Å². The van der Waals surface area contributed by atoms with Crippen molar-refractivity contribution in [1.29, 1.82) is 0 Å². The molecule has 0 aliphatic carbocycles. The highest BCUT2D eigenvalue weighted by Crippen LogP contribution is 2.39. The molecule has 0 aliphatic heterocycles. The molecular weight excluding hydrogens is 340 g/mol. The summed E-state index contributed by atoms with van der Waals surface area (Å²) in [5.74, 6) is 1.67. The lowest BCUT2D eigenvalue weighted by Gasteiger charge is -2.22. The van der Waals surface area contributed by atoms with Crippen LogP contribution >= 0.6 is 11.3 Å². The van der Waals surface area contributed by atoms with E-state index in [2.05, 4.69) is 53.4 Å². The zero-order chi connectivity index (χ0) is 17.9. The Morgan fingerprint density at radius 1 is 0.923 bits per heavy atom. The van der Waals surface area contributed by atoms with E-state index < -0.39 is 0 Å². The summed E-state index contributed by atoms with van der Waals surface area (Å²) >= 11 is 1.66. The van der Waals surface area contributed by atoms with Crippen molar-refractivity contribution in [2.45, 2.75) is 13.8 Å². The molecule has 1 aromatic carbocycles. The molecule has 0 amide bonds. The van der Waals surface area contributed by atoms with Gasteiger partial charge < -0.3 is 4.90 Å². The molecule has 3 aromatic heterocycles. The molecule has 4 aromatic rings. The molecule has 26 heavy (non-hydrogen) atoms. The second kappa shape index (κ2) is 7.22. The fourth-order valence-electron chi connectivity index (χ4n) is 3.12. The van der Waals surface area contributed by atoms with Gasteiger partial charge in [0.2, 0.25) is 0 Å². The fourth-order valence-corrected chi connectivity index (χ4v) is 4.06. The average molecular weight is 360 g/mol. The van der Waals surface area contributed by atoms with Crippen LogP contribution < -0.4 is 4.90 Å². The highest BCUT2D eigenvalue weighted by atomic mass is 32.1. The molecular formula is C21H20N4S. The van der Waals surface area contributed by atoms with E-state index in [4.69, 9.17) is 9.97 Å². The first kappa shape index (κ1) is 16.7. The van der Waals surface area contributed by atoms with E-state index in [0.29, 0.717) is 5.82 Å². The van der Waals surface area contributed by atoms with Gasteiger partial charge >= 0.3 is 0 Å². The highest BCUT2D eigenvalue weighted by Gasteiger charge is 2.19. The molecule has 0 atom stereocenters. The maximum atomic E-state index is 4.93. The third-order valence-corrected chi connectivity index (χ3v) is 5.33. The van der Waals surface area contributed by atoms with Crippen molar-refractivity contribution in [2.24, 2.45) is 0 Å². The molecule has 5 heteroatoms. The van der Waals surface area contributed by atoms with Gasteiger partial charge in [0.25, 0.3) is 0 Å². The quantitative estimate of drug-likeness (QED) is 0.486. The van der Waals surface area contributed by atoms with Crippen LogP contribution in [0.1, 0.15) is 13.8 Å². The first-order valence-corrected chi connectivity index (χ1v) is 9.70. The second-order valence-corrected chi connectivity index (χ2v) is 6.81. The molecule has 0 radical (unpaired) electrons. The number of nitrogens with zero attached hydrogens (tertiary/aromatic N) is 4. The minimum atomic E-state index is 0.682. The van der Waals surface area contributed by atoms with Gasteiger partial charge in [0, 0.05) is 30.2 Å². The second-order valence-electron chi connectivity index (χ2n) is 5.95. The van der Waals surface area contributed by atoms with E-state index in [9.17, 15) is 0 Å². The van der Waals surface area contributed by atoms with Crippen LogP contribution in [-0.4, -0.2) is 28.0 Å². The topological polar surface area (TPSA) is 41.9 Å². The lowest BCUT2D eigenvalue weighted by molar-refractivity contribution is 0.850. The molecule has 4 rings (SSSR count). The van der Waals surface area contributed by atoms with Gasteiger partial charge in [-0.2, -0.15) is 0 Å². The fraction of sp³-hybridized carbons (Fsp3) is 0.190. The Morgan fingerprint density at radius 2 is 1.69 bits per heavy atom. The van der Waals surface area contributed by atoms with Crippen molar-refractivity contribution in [3.8, 4) is 22.6 Å². The zero-order valence-electron chi connectivity index (χ0n) is 14.9. The number of anilines is 1. The van der Waals surface area contributed by atoms with Crippen LogP contribution in [0, 0.1) is 0 Å². The molecule has 0 spiro atoms. The normalized spacial score (nSPS) is 11.0. The monoisotopic (exact) mass is 360 g/mol. The summed E-state index contributed by atoms with van der Waals surface area (Å²) < 4.78 is 0. The van der Waals surface area contributed by atoms with Crippen LogP contribution in [-0.2, 0) is 0 Å². The van der Waals surface area contributed by atoms with Gasteiger partial charge in [0.15, 0.2) is 5.82 Å². The van der Waals surface area contributed by atoms with Crippen molar-refractivity contribution < 1.29 is 0 Å². The SMILES string of the molecule is CCN(CC)c1nc(-c2ccccn2)nc2scc(-c3ccccc3)c12. The van der Waals surface area contributed by atoms with Crippen molar-refractivity contribution in [2.75, 3.05) is 18.0 Å². The van der Waals surface area contributed by atoms with Crippen LogP contribution in [0.25, 0.3) is 32.9 Å². The maximum Gasteiger partial charge on any atom is 0.181 e. The summed E-state index contributed by atoms with van der Waals surface area (Å²) in [6.45, 7) is 6.11. The maximum absolute atomic E-state index is 4.93. The number of hydrogen-bond acceptors (Lipinski definition) is 5. The Labute approximate surface area is 157 Å². The number of thiophene rings is 1. The van der Waals surface area contributed by atoms with E-state index in [0.717, 1.165) is 34.8 Å². The first-order chi connectivity index (χ1) is 12.8. The Bertz CT molecular complexity index is 1010. The summed E-state index contributed by atoms with van der Waals surface area (Å²) in [7, 11) is 0. The van der Waals surface area contributed by atoms with Crippen molar-refractivity contribution in [3.05, 3.63) is 60.1 Å². The third kappa shape index (κ3) is 2.95. The molecule has 0 saturated heterocycles. The van der Waals surface area contributed by atoms with Crippen LogP contribution in [0.5, 0.6) is 0 Å². The van der Waals surface area contributed by atoms with Crippen molar-refractivity contribution in [3.63, 3.8) is 0 Å². The molecule has 0 aliphatic rings. The summed E-state index contributed by atoms with van der Waals surface area (Å²) in [6.07, 6.45) is 1.78. The first-order valence-electron chi connectivity index (χ1n) is 8.82. The third-order valence-electron chi connectivity index (χ3n) is 4.46. The van der Waals surface area contributed by atoms with Gasteiger partial charge in [-0.15, -0.1) is 11.3 Å². The van der Waals surface area contributed by atoms with Crippen LogP contribution in [0.3, 0.4) is 0 Å². The summed E-state index contributed by atoms with van der Waals surface area (Å²) in [6, 6.07) is 16.3. The number of fused-ring (bicyclic) bond motifs is 1. The lowest BCUT2D eigenvalue weighted by Crippen LogP contribution is -2.23. The van der Waals surface area contributed by atoms with Crippen molar-refractivity contribution in [1.82, 2.24) is 15.0 Å². The largest absolute Gasteiger partial charge is 0.356 e. The van der Waals surface area contributed by atoms with E-state index in [-0.39, 0.29) is 0 Å². The van der Waals surface area contributed by atoms with E-state index in [1.165, 1.54) is 11.1 Å². The molecule has 0 unspecified atom stereocenters.